The van der Waals surface area contributed by atoms with Crippen molar-refractivity contribution in [2.75, 3.05) is 44.3 Å². The van der Waals surface area contributed by atoms with E-state index in [2.05, 4.69) is 26.6 Å². The van der Waals surface area contributed by atoms with Gasteiger partial charge in [-0.2, -0.15) is 0 Å². The van der Waals surface area contributed by atoms with Crippen LogP contribution in [0.1, 0.15) is 29.2 Å². The largest absolute Gasteiger partial charge is 0.378 e. The van der Waals surface area contributed by atoms with Gasteiger partial charge in [-0.15, -0.1) is 0 Å². The van der Waals surface area contributed by atoms with Crippen LogP contribution >= 0.6 is 0 Å². The van der Waals surface area contributed by atoms with E-state index >= 15 is 0 Å². The summed E-state index contributed by atoms with van der Waals surface area (Å²) in [6, 6.07) is 8.33. The van der Waals surface area contributed by atoms with E-state index in [-0.39, 0.29) is 5.91 Å². The van der Waals surface area contributed by atoms with E-state index in [1.54, 1.807) is 6.20 Å². The summed E-state index contributed by atoms with van der Waals surface area (Å²) >= 11 is 0. The highest BCUT2D eigenvalue weighted by molar-refractivity contribution is 5.94. The molecule has 2 saturated heterocycles. The summed E-state index contributed by atoms with van der Waals surface area (Å²) < 4.78 is 7.51. The molecule has 25 heavy (non-hydrogen) atoms. The van der Waals surface area contributed by atoms with Gasteiger partial charge in [-0.1, -0.05) is 0 Å². The zero-order valence-corrected chi connectivity index (χ0v) is 14.4. The van der Waals surface area contributed by atoms with E-state index in [1.165, 1.54) is 0 Å². The number of anilines is 1. The summed E-state index contributed by atoms with van der Waals surface area (Å²) in [5, 5.41) is 0. The van der Waals surface area contributed by atoms with Gasteiger partial charge in [0.05, 0.1) is 25.6 Å². The maximum absolute atomic E-state index is 12.9. The summed E-state index contributed by atoms with van der Waals surface area (Å²) in [6.45, 7) is 4.93. The Morgan fingerprint density at radius 3 is 2.64 bits per heavy atom. The number of imidazole rings is 1. The van der Waals surface area contributed by atoms with Crippen LogP contribution in [0.4, 0.5) is 5.69 Å². The number of piperidine rings is 1. The molecule has 6 nitrogen and oxygen atoms in total. The first-order chi connectivity index (χ1) is 12.3. The smallest absolute Gasteiger partial charge is 0.253 e. The van der Waals surface area contributed by atoms with Gasteiger partial charge in [0, 0.05) is 49.8 Å². The van der Waals surface area contributed by atoms with Gasteiger partial charge >= 0.3 is 0 Å². The van der Waals surface area contributed by atoms with Crippen LogP contribution in [0.3, 0.4) is 0 Å². The molecule has 1 aromatic heterocycles. The number of amides is 1. The van der Waals surface area contributed by atoms with Crippen LogP contribution in [0, 0.1) is 0 Å². The average Bonchev–Trinajstić information content (AvgIpc) is 3.23. The van der Waals surface area contributed by atoms with Gasteiger partial charge in [-0.05, 0) is 37.1 Å². The van der Waals surface area contributed by atoms with Crippen molar-refractivity contribution in [1.29, 1.82) is 0 Å². The maximum atomic E-state index is 12.9. The second kappa shape index (κ2) is 7.27. The second-order valence-corrected chi connectivity index (χ2v) is 6.70. The molecule has 0 N–H and O–H groups in total. The normalized spacial score (nSPS) is 21.4. The summed E-state index contributed by atoms with van der Waals surface area (Å²) in [4.78, 5) is 21.3. The first-order valence-electron chi connectivity index (χ1n) is 9.01. The Hall–Kier alpha value is -2.34. The lowest BCUT2D eigenvalue weighted by Gasteiger charge is -2.33. The van der Waals surface area contributed by atoms with Gasteiger partial charge in [0.15, 0.2) is 0 Å². The van der Waals surface area contributed by atoms with E-state index < -0.39 is 0 Å². The van der Waals surface area contributed by atoms with Crippen molar-refractivity contribution in [3.05, 3.63) is 48.5 Å². The Morgan fingerprint density at radius 2 is 1.92 bits per heavy atom. The fourth-order valence-corrected chi connectivity index (χ4v) is 3.69. The molecule has 4 rings (SSSR count). The quantitative estimate of drug-likeness (QED) is 0.859. The number of nitrogens with zero attached hydrogens (tertiary/aromatic N) is 4. The molecule has 0 saturated carbocycles. The Labute approximate surface area is 148 Å². The molecular weight excluding hydrogens is 316 g/mol. The molecule has 0 bridgehead atoms. The molecular formula is C19H24N4O2. The molecule has 1 atom stereocenters. The number of ether oxygens (including phenoxy) is 1. The van der Waals surface area contributed by atoms with Gasteiger partial charge in [-0.25, -0.2) is 4.98 Å². The molecule has 2 aliphatic heterocycles. The summed E-state index contributed by atoms with van der Waals surface area (Å²) in [5.41, 5.74) is 1.93. The first-order valence-corrected chi connectivity index (χ1v) is 9.01. The van der Waals surface area contributed by atoms with Crippen LogP contribution < -0.4 is 4.90 Å². The molecule has 0 aliphatic carbocycles. The molecule has 2 fully saturated rings. The zero-order chi connectivity index (χ0) is 17.1. The Balaban J connectivity index is 1.43. The minimum atomic E-state index is 0.123. The van der Waals surface area contributed by atoms with Gasteiger partial charge in [0.2, 0.25) is 0 Å². The molecule has 1 aromatic carbocycles. The summed E-state index contributed by atoms with van der Waals surface area (Å²) in [6.07, 6.45) is 7.74. The molecule has 132 valence electrons. The summed E-state index contributed by atoms with van der Waals surface area (Å²) in [5.74, 6) is 0.123. The van der Waals surface area contributed by atoms with Crippen LogP contribution in [-0.4, -0.2) is 59.8 Å². The molecule has 3 heterocycles. The van der Waals surface area contributed by atoms with Crippen molar-refractivity contribution in [2.45, 2.75) is 18.9 Å². The number of likely N-dealkylation sites (tertiary alicyclic amines) is 1. The number of hydrogen-bond acceptors (Lipinski definition) is 4. The maximum Gasteiger partial charge on any atom is 0.253 e. The Bertz CT molecular complexity index is 693. The van der Waals surface area contributed by atoms with Crippen LogP contribution in [0.25, 0.3) is 0 Å². The van der Waals surface area contributed by atoms with Crippen molar-refractivity contribution >= 4 is 11.6 Å². The van der Waals surface area contributed by atoms with Crippen molar-refractivity contribution in [3.8, 4) is 0 Å². The fraction of sp³-hybridized carbons (Fsp3) is 0.474. The molecule has 1 unspecified atom stereocenters. The van der Waals surface area contributed by atoms with Gasteiger partial charge in [-0.3, -0.25) is 4.79 Å². The van der Waals surface area contributed by atoms with Gasteiger partial charge < -0.3 is 19.1 Å². The highest BCUT2D eigenvalue weighted by Gasteiger charge is 2.25. The van der Waals surface area contributed by atoms with Crippen molar-refractivity contribution in [1.82, 2.24) is 14.5 Å². The standard InChI is InChI=1S/C19H24N4O2/c24-19(22-8-1-2-18(14-22)23-9-7-20-15-23)16-3-5-17(6-4-16)21-10-12-25-13-11-21/h3-7,9,15,18H,1-2,8,10-14H2. The third-order valence-corrected chi connectivity index (χ3v) is 5.12. The first kappa shape index (κ1) is 16.1. The molecule has 1 amide bonds. The number of carbonyl (C=O) groups is 1. The van der Waals surface area contributed by atoms with Crippen LogP contribution in [0.15, 0.2) is 43.0 Å². The minimum Gasteiger partial charge on any atom is -0.378 e. The summed E-state index contributed by atoms with van der Waals surface area (Å²) in [7, 11) is 0. The van der Waals surface area contributed by atoms with E-state index in [1.807, 2.05) is 29.6 Å². The van der Waals surface area contributed by atoms with E-state index in [0.717, 1.165) is 63.5 Å². The van der Waals surface area contributed by atoms with Crippen molar-refractivity contribution in [3.63, 3.8) is 0 Å². The predicted molar refractivity (Wildman–Crippen MR) is 95.9 cm³/mol. The predicted octanol–water partition coefficient (Wildman–Crippen LogP) is 2.20. The number of hydrogen-bond donors (Lipinski definition) is 0. The number of morpholine rings is 1. The third-order valence-electron chi connectivity index (χ3n) is 5.12. The number of benzene rings is 1. The van der Waals surface area contributed by atoms with E-state index in [0.29, 0.717) is 6.04 Å². The van der Waals surface area contributed by atoms with Gasteiger partial charge in [0.1, 0.15) is 0 Å². The van der Waals surface area contributed by atoms with Crippen LogP contribution in [-0.2, 0) is 4.74 Å². The highest BCUT2D eigenvalue weighted by atomic mass is 16.5. The lowest BCUT2D eigenvalue weighted by molar-refractivity contribution is 0.0679. The van der Waals surface area contributed by atoms with E-state index in [4.69, 9.17) is 4.74 Å². The molecule has 6 heteroatoms. The minimum absolute atomic E-state index is 0.123. The molecule has 0 spiro atoms. The number of rotatable bonds is 3. The fourth-order valence-electron chi connectivity index (χ4n) is 3.69. The van der Waals surface area contributed by atoms with Crippen LogP contribution in [0.2, 0.25) is 0 Å². The zero-order valence-electron chi connectivity index (χ0n) is 14.4. The lowest BCUT2D eigenvalue weighted by Crippen LogP contribution is -2.40. The van der Waals surface area contributed by atoms with E-state index in [9.17, 15) is 4.79 Å². The van der Waals surface area contributed by atoms with Crippen molar-refractivity contribution in [2.24, 2.45) is 0 Å². The molecule has 2 aliphatic rings. The lowest BCUT2D eigenvalue weighted by atomic mass is 10.0. The second-order valence-electron chi connectivity index (χ2n) is 6.70. The SMILES string of the molecule is O=C(c1ccc(N2CCOCC2)cc1)N1CCCC(n2ccnc2)C1. The Kier molecular flexibility index (Phi) is 4.70. The molecule has 2 aromatic rings. The van der Waals surface area contributed by atoms with Crippen LogP contribution in [0.5, 0.6) is 0 Å². The number of carbonyl (C=O) groups excluding carboxylic acids is 1. The van der Waals surface area contributed by atoms with Crippen molar-refractivity contribution < 1.29 is 9.53 Å². The average molecular weight is 340 g/mol. The van der Waals surface area contributed by atoms with Gasteiger partial charge in [0.25, 0.3) is 5.91 Å². The molecule has 0 radical (unpaired) electrons. The third kappa shape index (κ3) is 3.54. The highest BCUT2D eigenvalue weighted by Crippen LogP contribution is 2.23. The monoisotopic (exact) mass is 340 g/mol. The topological polar surface area (TPSA) is 50.6 Å². The number of aromatic nitrogens is 2. The Morgan fingerprint density at radius 1 is 1.12 bits per heavy atom.